The highest BCUT2D eigenvalue weighted by molar-refractivity contribution is 5.69. The SMILES string of the molecule is CC(C)(C)OC(=O)N1CC(COc2cccnc2CN)C1. The number of ether oxygens (including phenoxy) is 2. The van der Waals surface area contributed by atoms with E-state index in [0.29, 0.717) is 32.2 Å². The number of likely N-dealkylation sites (tertiary alicyclic amines) is 1. The van der Waals surface area contributed by atoms with Gasteiger partial charge in [0.15, 0.2) is 0 Å². The lowest BCUT2D eigenvalue weighted by molar-refractivity contribution is -0.00789. The third-order valence-electron chi connectivity index (χ3n) is 3.13. The zero-order chi connectivity index (χ0) is 15.5. The van der Waals surface area contributed by atoms with Crippen LogP contribution in [0.2, 0.25) is 0 Å². The Morgan fingerprint density at radius 3 is 2.81 bits per heavy atom. The molecular formula is C15H23N3O3. The van der Waals surface area contributed by atoms with Gasteiger partial charge in [-0.2, -0.15) is 0 Å². The monoisotopic (exact) mass is 293 g/mol. The minimum absolute atomic E-state index is 0.261. The van der Waals surface area contributed by atoms with Gasteiger partial charge >= 0.3 is 6.09 Å². The van der Waals surface area contributed by atoms with Crippen molar-refractivity contribution in [1.82, 2.24) is 9.88 Å². The Bertz CT molecular complexity index is 493. The summed E-state index contributed by atoms with van der Waals surface area (Å²) in [5, 5.41) is 0. The van der Waals surface area contributed by atoms with Gasteiger partial charge < -0.3 is 20.1 Å². The normalized spacial score (nSPS) is 15.5. The number of hydrogen-bond donors (Lipinski definition) is 1. The second-order valence-corrected chi connectivity index (χ2v) is 6.21. The molecular weight excluding hydrogens is 270 g/mol. The number of carbonyl (C=O) groups is 1. The Hall–Kier alpha value is -1.82. The van der Waals surface area contributed by atoms with Gasteiger partial charge in [0.2, 0.25) is 0 Å². The topological polar surface area (TPSA) is 77.7 Å². The third kappa shape index (κ3) is 4.32. The van der Waals surface area contributed by atoms with Crippen LogP contribution in [0, 0.1) is 5.92 Å². The summed E-state index contributed by atoms with van der Waals surface area (Å²) in [4.78, 5) is 17.7. The van der Waals surface area contributed by atoms with Crippen LogP contribution in [0.25, 0.3) is 0 Å². The molecule has 6 heteroatoms. The number of rotatable bonds is 4. The van der Waals surface area contributed by atoms with E-state index in [1.807, 2.05) is 32.9 Å². The maximum Gasteiger partial charge on any atom is 0.410 e. The van der Waals surface area contributed by atoms with Gasteiger partial charge in [0.1, 0.15) is 11.4 Å². The van der Waals surface area contributed by atoms with Crippen molar-refractivity contribution in [2.75, 3.05) is 19.7 Å². The van der Waals surface area contributed by atoms with Gasteiger partial charge in [0.25, 0.3) is 0 Å². The predicted octanol–water partition coefficient (Wildman–Crippen LogP) is 1.79. The maximum absolute atomic E-state index is 11.8. The summed E-state index contributed by atoms with van der Waals surface area (Å²) in [5.74, 6) is 1.04. The van der Waals surface area contributed by atoms with Crippen molar-refractivity contribution in [2.24, 2.45) is 11.7 Å². The molecule has 0 spiro atoms. The van der Waals surface area contributed by atoms with Gasteiger partial charge in [-0.25, -0.2) is 4.79 Å². The molecule has 0 saturated carbocycles. The average molecular weight is 293 g/mol. The smallest absolute Gasteiger partial charge is 0.410 e. The molecule has 1 aliphatic rings. The van der Waals surface area contributed by atoms with Gasteiger partial charge in [-0.15, -0.1) is 0 Å². The zero-order valence-electron chi connectivity index (χ0n) is 12.8. The number of nitrogens with zero attached hydrogens (tertiary/aromatic N) is 2. The number of nitrogens with two attached hydrogens (primary N) is 1. The molecule has 1 fully saturated rings. The van der Waals surface area contributed by atoms with Crippen molar-refractivity contribution in [1.29, 1.82) is 0 Å². The van der Waals surface area contributed by atoms with Crippen LogP contribution in [-0.2, 0) is 11.3 Å². The van der Waals surface area contributed by atoms with Crippen LogP contribution in [-0.4, -0.2) is 41.3 Å². The lowest BCUT2D eigenvalue weighted by Crippen LogP contribution is -2.53. The van der Waals surface area contributed by atoms with Gasteiger partial charge in [0.05, 0.1) is 12.3 Å². The number of pyridine rings is 1. The van der Waals surface area contributed by atoms with Crippen LogP contribution in [0.1, 0.15) is 26.5 Å². The largest absolute Gasteiger partial charge is 0.491 e. The molecule has 1 aliphatic heterocycles. The molecule has 2 rings (SSSR count). The highest BCUT2D eigenvalue weighted by atomic mass is 16.6. The molecule has 21 heavy (non-hydrogen) atoms. The summed E-state index contributed by atoms with van der Waals surface area (Å²) in [5.41, 5.74) is 5.91. The number of amides is 1. The Labute approximate surface area is 125 Å². The van der Waals surface area contributed by atoms with E-state index in [-0.39, 0.29) is 6.09 Å². The van der Waals surface area contributed by atoms with Crippen molar-refractivity contribution in [2.45, 2.75) is 32.9 Å². The van der Waals surface area contributed by atoms with E-state index in [1.54, 1.807) is 11.1 Å². The van der Waals surface area contributed by atoms with Crippen LogP contribution in [0.3, 0.4) is 0 Å². The van der Waals surface area contributed by atoms with Gasteiger partial charge in [-0.1, -0.05) is 0 Å². The lowest BCUT2D eigenvalue weighted by Gasteiger charge is -2.39. The molecule has 1 amide bonds. The van der Waals surface area contributed by atoms with E-state index < -0.39 is 5.60 Å². The van der Waals surface area contributed by atoms with Crippen LogP contribution in [0.4, 0.5) is 4.79 Å². The van der Waals surface area contributed by atoms with E-state index in [9.17, 15) is 4.79 Å². The first-order chi connectivity index (χ1) is 9.89. The summed E-state index contributed by atoms with van der Waals surface area (Å²) < 4.78 is 11.0. The molecule has 0 unspecified atom stereocenters. The Morgan fingerprint density at radius 1 is 1.48 bits per heavy atom. The predicted molar refractivity (Wildman–Crippen MR) is 78.9 cm³/mol. The molecule has 0 radical (unpaired) electrons. The first-order valence-electron chi connectivity index (χ1n) is 7.13. The zero-order valence-corrected chi connectivity index (χ0v) is 12.8. The quantitative estimate of drug-likeness (QED) is 0.915. The van der Waals surface area contributed by atoms with E-state index >= 15 is 0 Å². The molecule has 1 saturated heterocycles. The second-order valence-electron chi connectivity index (χ2n) is 6.21. The number of hydrogen-bond acceptors (Lipinski definition) is 5. The molecule has 2 heterocycles. The van der Waals surface area contributed by atoms with Crippen LogP contribution >= 0.6 is 0 Å². The van der Waals surface area contributed by atoms with E-state index in [2.05, 4.69) is 4.98 Å². The Balaban J connectivity index is 1.75. The van der Waals surface area contributed by atoms with Gasteiger partial charge in [-0.05, 0) is 32.9 Å². The molecule has 116 valence electrons. The molecule has 0 bridgehead atoms. The van der Waals surface area contributed by atoms with Crippen molar-refractivity contribution in [3.8, 4) is 5.75 Å². The molecule has 6 nitrogen and oxygen atoms in total. The van der Waals surface area contributed by atoms with Crippen molar-refractivity contribution in [3.05, 3.63) is 24.0 Å². The first-order valence-corrected chi connectivity index (χ1v) is 7.13. The number of aromatic nitrogens is 1. The van der Waals surface area contributed by atoms with Gasteiger partial charge in [0, 0.05) is 31.7 Å². The van der Waals surface area contributed by atoms with Gasteiger partial charge in [-0.3, -0.25) is 4.98 Å². The highest BCUT2D eigenvalue weighted by Crippen LogP contribution is 2.22. The van der Waals surface area contributed by atoms with Crippen LogP contribution in [0.5, 0.6) is 5.75 Å². The standard InChI is InChI=1S/C15H23N3O3/c1-15(2,3)21-14(19)18-8-11(9-18)10-20-13-5-4-6-17-12(13)7-16/h4-6,11H,7-10,16H2,1-3H3. The molecule has 0 aliphatic carbocycles. The summed E-state index contributed by atoms with van der Waals surface area (Å²) >= 11 is 0. The minimum atomic E-state index is -0.454. The first kappa shape index (κ1) is 15.6. The second kappa shape index (κ2) is 6.30. The molecule has 1 aromatic rings. The molecule has 0 atom stereocenters. The third-order valence-corrected chi connectivity index (χ3v) is 3.13. The fourth-order valence-corrected chi connectivity index (χ4v) is 2.07. The Kier molecular flexibility index (Phi) is 4.67. The highest BCUT2D eigenvalue weighted by Gasteiger charge is 2.34. The minimum Gasteiger partial charge on any atom is -0.491 e. The Morgan fingerprint density at radius 2 is 2.19 bits per heavy atom. The maximum atomic E-state index is 11.8. The average Bonchev–Trinajstić information content (AvgIpc) is 2.35. The molecule has 0 aromatic carbocycles. The summed E-state index contributed by atoms with van der Waals surface area (Å²) in [7, 11) is 0. The molecule has 1 aromatic heterocycles. The van der Waals surface area contributed by atoms with Crippen LogP contribution in [0.15, 0.2) is 18.3 Å². The van der Waals surface area contributed by atoms with Crippen molar-refractivity contribution in [3.63, 3.8) is 0 Å². The van der Waals surface area contributed by atoms with Crippen molar-refractivity contribution < 1.29 is 14.3 Å². The van der Waals surface area contributed by atoms with E-state index in [4.69, 9.17) is 15.2 Å². The van der Waals surface area contributed by atoms with Crippen molar-refractivity contribution >= 4 is 6.09 Å². The summed E-state index contributed by atoms with van der Waals surface area (Å²) in [6.45, 7) is 7.81. The lowest BCUT2D eigenvalue weighted by atomic mass is 10.0. The van der Waals surface area contributed by atoms with E-state index in [0.717, 1.165) is 11.4 Å². The summed E-state index contributed by atoms with van der Waals surface area (Å²) in [6, 6.07) is 3.68. The van der Waals surface area contributed by atoms with Crippen LogP contribution < -0.4 is 10.5 Å². The summed E-state index contributed by atoms with van der Waals surface area (Å²) in [6.07, 6.45) is 1.44. The van der Waals surface area contributed by atoms with E-state index in [1.165, 1.54) is 0 Å². The fourth-order valence-electron chi connectivity index (χ4n) is 2.07. The number of carbonyl (C=O) groups excluding carboxylic acids is 1. The fraction of sp³-hybridized carbons (Fsp3) is 0.600. The molecule has 2 N–H and O–H groups in total.